The van der Waals surface area contributed by atoms with Gasteiger partial charge in [0.15, 0.2) is 0 Å². The molecule has 0 aliphatic rings. The van der Waals surface area contributed by atoms with E-state index in [1.807, 2.05) is 54.6 Å². The Morgan fingerprint density at radius 2 is 1.59 bits per heavy atom. The fraction of sp³-hybridized carbons (Fsp3) is 0.208. The van der Waals surface area contributed by atoms with Crippen molar-refractivity contribution >= 4 is 20.5 Å². The zero-order chi connectivity index (χ0) is 20.5. The van der Waals surface area contributed by atoms with Gasteiger partial charge in [-0.15, -0.1) is 0 Å². The van der Waals surface area contributed by atoms with Crippen molar-refractivity contribution in [2.75, 3.05) is 11.9 Å². The molecule has 0 radical (unpaired) electrons. The molecule has 0 saturated heterocycles. The van der Waals surface area contributed by atoms with E-state index in [2.05, 4.69) is 24.0 Å². The van der Waals surface area contributed by atoms with Gasteiger partial charge >= 0.3 is 5.97 Å². The van der Waals surface area contributed by atoms with Crippen molar-refractivity contribution in [3.63, 3.8) is 0 Å². The van der Waals surface area contributed by atoms with Crippen molar-refractivity contribution in [1.29, 1.82) is 0 Å². The minimum atomic E-state index is -0.893. The van der Waals surface area contributed by atoms with E-state index in [0.29, 0.717) is 5.56 Å². The van der Waals surface area contributed by atoms with E-state index >= 15 is 0 Å². The normalized spacial score (nSPS) is 11.6. The summed E-state index contributed by atoms with van der Waals surface area (Å²) in [6.07, 6.45) is 1.13. The van der Waals surface area contributed by atoms with E-state index in [4.69, 9.17) is 9.84 Å². The van der Waals surface area contributed by atoms with Crippen LogP contribution in [0.25, 0.3) is 0 Å². The molecule has 150 valence electrons. The first-order valence-electron chi connectivity index (χ1n) is 9.99. The maximum absolute atomic E-state index is 10.9. The molecule has 0 spiro atoms. The lowest BCUT2D eigenvalue weighted by molar-refractivity contribution is 0.0697. The molecule has 2 N–H and O–H groups in total. The number of carboxylic acid groups (broad SMARTS) is 1. The number of rotatable bonds is 10. The molecule has 0 aliphatic carbocycles. The molecule has 0 heterocycles. The lowest BCUT2D eigenvalue weighted by Gasteiger charge is -2.12. The number of carboxylic acids is 1. The summed E-state index contributed by atoms with van der Waals surface area (Å²) in [5.41, 5.74) is 2.66. The summed E-state index contributed by atoms with van der Waals surface area (Å²) in [6, 6.07) is 27.6. The van der Waals surface area contributed by atoms with Crippen molar-refractivity contribution < 1.29 is 14.6 Å². The quantitative estimate of drug-likeness (QED) is 0.340. The van der Waals surface area contributed by atoms with E-state index in [1.54, 1.807) is 12.1 Å². The Labute approximate surface area is 173 Å². The van der Waals surface area contributed by atoms with Gasteiger partial charge in [-0.05, 0) is 61.0 Å². The summed E-state index contributed by atoms with van der Waals surface area (Å²) in [7, 11) is -0.819. The molecule has 3 aromatic carbocycles. The number of hydrogen-bond donors (Lipinski definition) is 2. The Hall–Kier alpha value is -3.05. The molecule has 4 nitrogen and oxygen atoms in total. The van der Waals surface area contributed by atoms with Crippen LogP contribution in [-0.2, 0) is 6.04 Å². The first-order valence-corrected chi connectivity index (χ1v) is 12.8. The van der Waals surface area contributed by atoms with Crippen molar-refractivity contribution in [3.05, 3.63) is 90.0 Å². The predicted molar refractivity (Wildman–Crippen MR) is 121 cm³/mol. The molecule has 0 aromatic heterocycles. The van der Waals surface area contributed by atoms with Crippen LogP contribution >= 0.6 is 0 Å². The van der Waals surface area contributed by atoms with E-state index in [-0.39, 0.29) is 0 Å². The fourth-order valence-electron chi connectivity index (χ4n) is 3.24. The molecule has 0 amide bonds. The summed E-state index contributed by atoms with van der Waals surface area (Å²) in [6.45, 7) is 3.32. The highest BCUT2D eigenvalue weighted by Gasteiger charge is 2.07. The summed E-state index contributed by atoms with van der Waals surface area (Å²) in [4.78, 5) is 10.9. The summed E-state index contributed by atoms with van der Waals surface area (Å²) < 4.78 is 5.85. The van der Waals surface area contributed by atoms with Gasteiger partial charge < -0.3 is 15.2 Å². The predicted octanol–water partition coefficient (Wildman–Crippen LogP) is 5.62. The highest BCUT2D eigenvalue weighted by Crippen LogP contribution is 2.21. The molecule has 3 aromatic rings. The lowest BCUT2D eigenvalue weighted by Crippen LogP contribution is -2.13. The Morgan fingerprint density at radius 3 is 2.24 bits per heavy atom. The number of aromatic carboxylic acids is 1. The first kappa shape index (κ1) is 20.7. The van der Waals surface area contributed by atoms with Gasteiger partial charge in [-0.2, -0.15) is 0 Å². The Bertz CT molecular complexity index is 896. The second kappa shape index (κ2) is 10.5. The second-order valence-corrected chi connectivity index (χ2v) is 10.5. The van der Waals surface area contributed by atoms with Gasteiger partial charge in [-0.25, -0.2) is 4.79 Å². The van der Waals surface area contributed by atoms with Crippen molar-refractivity contribution in [2.24, 2.45) is 0 Å². The minimum absolute atomic E-state index is 0.316. The SMILES string of the molecule is C[SiH](CCCNc1ccc(C(=O)O)cc1)Cc1ccc(Oc2ccccc2)cc1. The van der Waals surface area contributed by atoms with Crippen LogP contribution in [0.3, 0.4) is 0 Å². The molecule has 3 rings (SSSR count). The van der Waals surface area contributed by atoms with Gasteiger partial charge in [-0.1, -0.05) is 48.5 Å². The minimum Gasteiger partial charge on any atom is -0.478 e. The molecule has 1 unspecified atom stereocenters. The number of nitrogens with one attached hydrogen (secondary N) is 1. The van der Waals surface area contributed by atoms with Crippen LogP contribution in [0.4, 0.5) is 5.69 Å². The van der Waals surface area contributed by atoms with Crippen LogP contribution in [0.15, 0.2) is 78.9 Å². The number of anilines is 1. The molecule has 0 bridgehead atoms. The van der Waals surface area contributed by atoms with Crippen LogP contribution in [0, 0.1) is 0 Å². The fourth-order valence-corrected chi connectivity index (χ4v) is 5.42. The van der Waals surface area contributed by atoms with Crippen LogP contribution in [0.1, 0.15) is 22.3 Å². The third kappa shape index (κ3) is 6.80. The maximum atomic E-state index is 10.9. The maximum Gasteiger partial charge on any atom is 0.335 e. The van der Waals surface area contributed by atoms with Gasteiger partial charge in [0.25, 0.3) is 0 Å². The van der Waals surface area contributed by atoms with Crippen molar-refractivity contribution in [3.8, 4) is 11.5 Å². The van der Waals surface area contributed by atoms with Gasteiger partial charge in [-0.3, -0.25) is 0 Å². The van der Waals surface area contributed by atoms with Crippen LogP contribution in [-0.4, -0.2) is 26.4 Å². The second-order valence-electron chi connectivity index (χ2n) is 7.32. The van der Waals surface area contributed by atoms with Crippen molar-refractivity contribution in [1.82, 2.24) is 0 Å². The topological polar surface area (TPSA) is 58.6 Å². The van der Waals surface area contributed by atoms with E-state index in [0.717, 1.165) is 30.2 Å². The van der Waals surface area contributed by atoms with Crippen molar-refractivity contribution in [2.45, 2.75) is 25.1 Å². The van der Waals surface area contributed by atoms with Gasteiger partial charge in [0.1, 0.15) is 11.5 Å². The highest BCUT2D eigenvalue weighted by molar-refractivity contribution is 6.56. The zero-order valence-corrected chi connectivity index (χ0v) is 17.8. The summed E-state index contributed by atoms with van der Waals surface area (Å²) in [5, 5.41) is 12.3. The highest BCUT2D eigenvalue weighted by atomic mass is 28.3. The zero-order valence-electron chi connectivity index (χ0n) is 16.7. The number of benzene rings is 3. The largest absolute Gasteiger partial charge is 0.478 e. The van der Waals surface area contributed by atoms with Gasteiger partial charge in [0, 0.05) is 21.0 Å². The van der Waals surface area contributed by atoms with Crippen LogP contribution in [0.5, 0.6) is 11.5 Å². The third-order valence-electron chi connectivity index (χ3n) is 4.82. The average molecular weight is 406 g/mol. The number of hydrogen-bond acceptors (Lipinski definition) is 3. The van der Waals surface area contributed by atoms with Crippen LogP contribution < -0.4 is 10.1 Å². The lowest BCUT2D eigenvalue weighted by atomic mass is 10.2. The smallest absolute Gasteiger partial charge is 0.335 e. The molecule has 29 heavy (non-hydrogen) atoms. The average Bonchev–Trinajstić information content (AvgIpc) is 2.74. The first-order chi connectivity index (χ1) is 14.1. The monoisotopic (exact) mass is 405 g/mol. The summed E-state index contributed by atoms with van der Waals surface area (Å²) >= 11 is 0. The summed E-state index contributed by atoms with van der Waals surface area (Å²) in [5.74, 6) is 0.830. The Balaban J connectivity index is 1.38. The number of ether oxygens (including phenoxy) is 1. The molecule has 0 fully saturated rings. The Morgan fingerprint density at radius 1 is 0.931 bits per heavy atom. The molecule has 0 aliphatic heterocycles. The van der Waals surface area contributed by atoms with Gasteiger partial charge in [0.05, 0.1) is 5.56 Å². The number of para-hydroxylation sites is 1. The molecule has 5 heteroatoms. The van der Waals surface area contributed by atoms with E-state index < -0.39 is 14.8 Å². The third-order valence-corrected chi connectivity index (χ3v) is 7.38. The van der Waals surface area contributed by atoms with E-state index in [9.17, 15) is 4.79 Å². The molecule has 1 atom stereocenters. The van der Waals surface area contributed by atoms with Gasteiger partial charge in [0.2, 0.25) is 0 Å². The molecular formula is C24H27NO3Si. The standard InChI is InChI=1S/C24H27NO3Si/c1-29(17-5-16-25-21-12-10-20(11-13-21)24(26)27)18-19-8-14-23(15-9-19)28-22-6-3-2-4-7-22/h2-4,6-15,25,29H,5,16-18H2,1H3,(H,26,27). The molecular weight excluding hydrogens is 378 g/mol. The Kier molecular flexibility index (Phi) is 7.47. The number of carbonyl (C=O) groups is 1. The molecule has 0 saturated carbocycles. The van der Waals surface area contributed by atoms with E-state index in [1.165, 1.54) is 17.7 Å². The van der Waals surface area contributed by atoms with Crippen LogP contribution in [0.2, 0.25) is 12.6 Å².